The van der Waals surface area contributed by atoms with E-state index < -0.39 is 0 Å². The SMILES string of the molecule is Cc1ccc(C)c(-c2nc(CC3CCNC3)[nH]c2C)c1. The number of rotatable bonds is 3. The van der Waals surface area contributed by atoms with Gasteiger partial charge in [0.05, 0.1) is 5.69 Å². The Kier molecular flexibility index (Phi) is 3.62. The molecular weight excluding hydrogens is 246 g/mol. The van der Waals surface area contributed by atoms with Crippen LogP contribution >= 0.6 is 0 Å². The second-order valence-corrected chi connectivity index (χ2v) is 6.04. The Morgan fingerprint density at radius 1 is 1.25 bits per heavy atom. The number of benzene rings is 1. The Labute approximate surface area is 120 Å². The van der Waals surface area contributed by atoms with Crippen LogP contribution in [0.25, 0.3) is 11.3 Å². The fraction of sp³-hybridized carbons (Fsp3) is 0.471. The van der Waals surface area contributed by atoms with Gasteiger partial charge in [0.25, 0.3) is 0 Å². The largest absolute Gasteiger partial charge is 0.346 e. The number of imidazole rings is 1. The molecule has 2 heterocycles. The summed E-state index contributed by atoms with van der Waals surface area (Å²) in [5, 5.41) is 3.42. The summed E-state index contributed by atoms with van der Waals surface area (Å²) in [6, 6.07) is 6.57. The normalized spacial score (nSPS) is 18.6. The predicted octanol–water partition coefficient (Wildman–Crippen LogP) is 3.15. The Morgan fingerprint density at radius 2 is 2.10 bits per heavy atom. The first-order valence-corrected chi connectivity index (χ1v) is 7.47. The zero-order valence-electron chi connectivity index (χ0n) is 12.6. The van der Waals surface area contributed by atoms with E-state index in [4.69, 9.17) is 4.98 Å². The van der Waals surface area contributed by atoms with Crippen molar-refractivity contribution in [3.63, 3.8) is 0 Å². The second-order valence-electron chi connectivity index (χ2n) is 6.04. The summed E-state index contributed by atoms with van der Waals surface area (Å²) >= 11 is 0. The van der Waals surface area contributed by atoms with Crippen molar-refractivity contribution < 1.29 is 0 Å². The van der Waals surface area contributed by atoms with E-state index in [1.807, 2.05) is 0 Å². The predicted molar refractivity (Wildman–Crippen MR) is 82.9 cm³/mol. The molecule has 3 rings (SSSR count). The molecule has 0 aliphatic carbocycles. The van der Waals surface area contributed by atoms with Crippen molar-refractivity contribution in [3.8, 4) is 11.3 Å². The third-order valence-corrected chi connectivity index (χ3v) is 4.23. The van der Waals surface area contributed by atoms with Crippen LogP contribution in [0, 0.1) is 26.7 Å². The third kappa shape index (κ3) is 2.63. The summed E-state index contributed by atoms with van der Waals surface area (Å²) in [5.41, 5.74) is 6.13. The van der Waals surface area contributed by atoms with Crippen molar-refractivity contribution in [2.45, 2.75) is 33.6 Å². The minimum absolute atomic E-state index is 0.729. The van der Waals surface area contributed by atoms with Crippen molar-refractivity contribution in [2.24, 2.45) is 5.92 Å². The van der Waals surface area contributed by atoms with Gasteiger partial charge in [-0.15, -0.1) is 0 Å². The average molecular weight is 269 g/mol. The first-order valence-electron chi connectivity index (χ1n) is 7.47. The van der Waals surface area contributed by atoms with Gasteiger partial charge in [-0.3, -0.25) is 0 Å². The van der Waals surface area contributed by atoms with Crippen LogP contribution in [-0.4, -0.2) is 23.1 Å². The molecule has 106 valence electrons. The molecular formula is C17H23N3. The molecule has 3 heteroatoms. The number of nitrogens with one attached hydrogen (secondary N) is 2. The van der Waals surface area contributed by atoms with Crippen LogP contribution in [0.15, 0.2) is 18.2 Å². The summed E-state index contributed by atoms with van der Waals surface area (Å²) in [6.45, 7) is 8.69. The Hall–Kier alpha value is -1.61. The van der Waals surface area contributed by atoms with E-state index in [0.29, 0.717) is 0 Å². The molecule has 1 unspecified atom stereocenters. The van der Waals surface area contributed by atoms with Crippen molar-refractivity contribution in [1.29, 1.82) is 0 Å². The maximum atomic E-state index is 4.86. The molecule has 1 aliphatic rings. The number of nitrogens with zero attached hydrogens (tertiary/aromatic N) is 1. The van der Waals surface area contributed by atoms with E-state index in [0.717, 1.165) is 36.9 Å². The van der Waals surface area contributed by atoms with E-state index in [9.17, 15) is 0 Å². The van der Waals surface area contributed by atoms with E-state index >= 15 is 0 Å². The van der Waals surface area contributed by atoms with Gasteiger partial charge in [-0.05, 0) is 57.8 Å². The summed E-state index contributed by atoms with van der Waals surface area (Å²) in [4.78, 5) is 8.34. The summed E-state index contributed by atoms with van der Waals surface area (Å²) in [6.07, 6.45) is 2.32. The zero-order chi connectivity index (χ0) is 14.1. The van der Waals surface area contributed by atoms with Gasteiger partial charge >= 0.3 is 0 Å². The number of hydrogen-bond acceptors (Lipinski definition) is 2. The van der Waals surface area contributed by atoms with Crippen LogP contribution in [0.3, 0.4) is 0 Å². The van der Waals surface area contributed by atoms with Crippen molar-refractivity contribution in [3.05, 3.63) is 40.8 Å². The van der Waals surface area contributed by atoms with Gasteiger partial charge in [-0.2, -0.15) is 0 Å². The molecule has 3 nitrogen and oxygen atoms in total. The molecule has 2 N–H and O–H groups in total. The fourth-order valence-corrected chi connectivity index (χ4v) is 3.03. The summed E-state index contributed by atoms with van der Waals surface area (Å²) in [5.74, 6) is 1.86. The maximum absolute atomic E-state index is 4.86. The van der Waals surface area contributed by atoms with Gasteiger partial charge in [0, 0.05) is 17.7 Å². The fourth-order valence-electron chi connectivity index (χ4n) is 3.03. The molecule has 0 spiro atoms. The molecule has 1 aliphatic heterocycles. The lowest BCUT2D eigenvalue weighted by molar-refractivity contribution is 0.564. The van der Waals surface area contributed by atoms with Crippen LogP contribution in [0.5, 0.6) is 0 Å². The minimum atomic E-state index is 0.729. The van der Waals surface area contributed by atoms with Crippen molar-refractivity contribution in [2.75, 3.05) is 13.1 Å². The lowest BCUT2D eigenvalue weighted by atomic mass is 10.0. The average Bonchev–Trinajstić information content (AvgIpc) is 3.03. The van der Waals surface area contributed by atoms with E-state index in [1.54, 1.807) is 0 Å². The Morgan fingerprint density at radius 3 is 2.85 bits per heavy atom. The first-order chi connectivity index (χ1) is 9.63. The molecule has 0 amide bonds. The van der Waals surface area contributed by atoms with Crippen LogP contribution in [0.2, 0.25) is 0 Å². The molecule has 1 atom stereocenters. The molecule has 1 fully saturated rings. The van der Waals surface area contributed by atoms with Crippen LogP contribution < -0.4 is 5.32 Å². The molecule has 0 bridgehead atoms. The monoisotopic (exact) mass is 269 g/mol. The standard InChI is InChI=1S/C17H23N3/c1-11-4-5-12(2)15(8-11)17-13(3)19-16(20-17)9-14-6-7-18-10-14/h4-5,8,14,18H,6-7,9-10H2,1-3H3,(H,19,20). The lowest BCUT2D eigenvalue weighted by Gasteiger charge is -2.05. The smallest absolute Gasteiger partial charge is 0.107 e. The summed E-state index contributed by atoms with van der Waals surface area (Å²) < 4.78 is 0. The quantitative estimate of drug-likeness (QED) is 0.898. The molecule has 1 saturated heterocycles. The molecule has 0 radical (unpaired) electrons. The Balaban J connectivity index is 1.90. The number of aryl methyl sites for hydroxylation is 3. The van der Waals surface area contributed by atoms with Gasteiger partial charge in [0.1, 0.15) is 5.82 Å². The number of H-pyrrole nitrogens is 1. The molecule has 2 aromatic rings. The first kappa shape index (κ1) is 13.4. The van der Waals surface area contributed by atoms with Gasteiger partial charge in [-0.25, -0.2) is 4.98 Å². The minimum Gasteiger partial charge on any atom is -0.346 e. The van der Waals surface area contributed by atoms with Crippen LogP contribution in [0.4, 0.5) is 0 Å². The van der Waals surface area contributed by atoms with Crippen molar-refractivity contribution >= 4 is 0 Å². The Bertz CT molecular complexity index is 607. The highest BCUT2D eigenvalue weighted by molar-refractivity contribution is 5.66. The molecule has 20 heavy (non-hydrogen) atoms. The molecule has 0 saturated carbocycles. The van der Waals surface area contributed by atoms with Gasteiger partial charge in [0.2, 0.25) is 0 Å². The molecule has 1 aromatic carbocycles. The van der Waals surface area contributed by atoms with Gasteiger partial charge < -0.3 is 10.3 Å². The lowest BCUT2D eigenvalue weighted by Crippen LogP contribution is -2.11. The zero-order valence-corrected chi connectivity index (χ0v) is 12.6. The van der Waals surface area contributed by atoms with Crippen LogP contribution in [-0.2, 0) is 6.42 Å². The van der Waals surface area contributed by atoms with Gasteiger partial charge in [0.15, 0.2) is 0 Å². The topological polar surface area (TPSA) is 40.7 Å². The van der Waals surface area contributed by atoms with Crippen molar-refractivity contribution in [1.82, 2.24) is 15.3 Å². The number of aromatic nitrogens is 2. The van der Waals surface area contributed by atoms with Gasteiger partial charge in [-0.1, -0.05) is 17.7 Å². The van der Waals surface area contributed by atoms with E-state index in [-0.39, 0.29) is 0 Å². The maximum Gasteiger partial charge on any atom is 0.107 e. The number of aromatic amines is 1. The van der Waals surface area contributed by atoms with Crippen LogP contribution in [0.1, 0.15) is 29.1 Å². The third-order valence-electron chi connectivity index (χ3n) is 4.23. The van der Waals surface area contributed by atoms with E-state index in [1.165, 1.54) is 28.8 Å². The highest BCUT2D eigenvalue weighted by Crippen LogP contribution is 2.26. The van der Waals surface area contributed by atoms with E-state index in [2.05, 4.69) is 49.3 Å². The number of hydrogen-bond donors (Lipinski definition) is 2. The highest BCUT2D eigenvalue weighted by Gasteiger charge is 2.18. The second kappa shape index (κ2) is 5.41. The molecule has 1 aromatic heterocycles. The summed E-state index contributed by atoms with van der Waals surface area (Å²) in [7, 11) is 0. The highest BCUT2D eigenvalue weighted by atomic mass is 14.9.